The summed E-state index contributed by atoms with van der Waals surface area (Å²) in [6.45, 7) is 2.20. The predicted octanol–water partition coefficient (Wildman–Crippen LogP) is 1.90. The van der Waals surface area contributed by atoms with Crippen molar-refractivity contribution in [2.75, 3.05) is 26.2 Å². The molecule has 1 aromatic heterocycles. The highest BCUT2D eigenvalue weighted by Crippen LogP contribution is 2.31. The lowest BCUT2D eigenvalue weighted by atomic mass is 9.93. The number of piperazine rings is 1. The van der Waals surface area contributed by atoms with Gasteiger partial charge >= 0.3 is 6.09 Å². The molecule has 0 aromatic carbocycles. The van der Waals surface area contributed by atoms with Crippen LogP contribution in [0, 0.1) is 0 Å². The van der Waals surface area contributed by atoms with Gasteiger partial charge in [-0.3, -0.25) is 9.69 Å². The molecule has 0 N–H and O–H groups in total. The molecule has 2 saturated heterocycles. The van der Waals surface area contributed by atoms with Crippen LogP contribution in [0.25, 0.3) is 0 Å². The molecule has 3 aliphatic rings. The number of thiophene rings is 1. The van der Waals surface area contributed by atoms with Crippen molar-refractivity contribution in [1.82, 2.24) is 9.80 Å². The minimum absolute atomic E-state index is 0.0333. The summed E-state index contributed by atoms with van der Waals surface area (Å²) in [6, 6.07) is 0.0333. The van der Waals surface area contributed by atoms with Crippen LogP contribution in [0.4, 0.5) is 4.79 Å². The van der Waals surface area contributed by atoms with E-state index in [0.717, 1.165) is 17.7 Å². The zero-order valence-electron chi connectivity index (χ0n) is 11.8. The van der Waals surface area contributed by atoms with Crippen molar-refractivity contribution in [2.24, 2.45) is 0 Å². The Hall–Kier alpha value is -1.56. The fourth-order valence-corrected chi connectivity index (χ4v) is 4.64. The summed E-state index contributed by atoms with van der Waals surface area (Å²) in [4.78, 5) is 28.9. The van der Waals surface area contributed by atoms with Crippen molar-refractivity contribution in [1.29, 1.82) is 0 Å². The van der Waals surface area contributed by atoms with Crippen LogP contribution in [-0.4, -0.2) is 54.1 Å². The smallest absolute Gasteiger partial charge is 0.410 e. The van der Waals surface area contributed by atoms with Crippen LogP contribution in [0.2, 0.25) is 0 Å². The Bertz CT molecular complexity index is 598. The molecule has 3 heterocycles. The molecule has 2 fully saturated rings. The maximum absolute atomic E-state index is 12.8. The summed E-state index contributed by atoms with van der Waals surface area (Å²) < 4.78 is 5.06. The number of rotatable bonds is 1. The van der Waals surface area contributed by atoms with E-state index in [2.05, 4.69) is 5.38 Å². The number of hydrogen-bond acceptors (Lipinski definition) is 4. The van der Waals surface area contributed by atoms with Crippen LogP contribution in [0.15, 0.2) is 5.38 Å². The average molecular weight is 306 g/mol. The molecule has 0 saturated carbocycles. The zero-order chi connectivity index (χ0) is 14.4. The van der Waals surface area contributed by atoms with E-state index >= 15 is 0 Å². The number of amides is 2. The first kappa shape index (κ1) is 13.1. The lowest BCUT2D eigenvalue weighted by molar-refractivity contribution is 0.0620. The second-order valence-electron chi connectivity index (χ2n) is 5.95. The second kappa shape index (κ2) is 5.02. The summed E-state index contributed by atoms with van der Waals surface area (Å²) in [5.74, 6) is 0.141. The Morgan fingerprint density at radius 1 is 1.29 bits per heavy atom. The van der Waals surface area contributed by atoms with Gasteiger partial charge in [0.15, 0.2) is 0 Å². The fourth-order valence-electron chi connectivity index (χ4n) is 3.52. The highest BCUT2D eigenvalue weighted by atomic mass is 32.1. The third-order valence-corrected chi connectivity index (χ3v) is 5.76. The molecule has 2 aliphatic heterocycles. The van der Waals surface area contributed by atoms with E-state index < -0.39 is 0 Å². The van der Waals surface area contributed by atoms with Gasteiger partial charge in [-0.25, -0.2) is 4.79 Å². The normalized spacial score (nSPS) is 24.6. The first-order valence-electron chi connectivity index (χ1n) is 7.56. The van der Waals surface area contributed by atoms with Gasteiger partial charge in [0, 0.05) is 19.6 Å². The molecule has 1 atom stereocenters. The Morgan fingerprint density at radius 2 is 2.14 bits per heavy atom. The number of carbonyl (C=O) groups excluding carboxylic acids is 2. The number of ether oxygens (including phenoxy) is 1. The topological polar surface area (TPSA) is 49.9 Å². The van der Waals surface area contributed by atoms with E-state index in [1.54, 1.807) is 16.2 Å². The lowest BCUT2D eigenvalue weighted by Crippen LogP contribution is -2.53. The van der Waals surface area contributed by atoms with Gasteiger partial charge in [0.05, 0.1) is 10.9 Å². The van der Waals surface area contributed by atoms with E-state index in [-0.39, 0.29) is 18.0 Å². The van der Waals surface area contributed by atoms with Crippen LogP contribution in [0.1, 0.15) is 33.6 Å². The highest BCUT2D eigenvalue weighted by molar-refractivity contribution is 7.12. The highest BCUT2D eigenvalue weighted by Gasteiger charge is 2.39. The first-order valence-corrected chi connectivity index (χ1v) is 8.44. The molecular formula is C15H18N2O3S. The maximum atomic E-state index is 12.8. The van der Waals surface area contributed by atoms with Gasteiger partial charge in [0.2, 0.25) is 0 Å². The van der Waals surface area contributed by atoms with E-state index in [1.807, 2.05) is 4.90 Å². The van der Waals surface area contributed by atoms with E-state index in [0.29, 0.717) is 26.2 Å². The van der Waals surface area contributed by atoms with Gasteiger partial charge < -0.3 is 9.64 Å². The van der Waals surface area contributed by atoms with Crippen molar-refractivity contribution in [3.05, 3.63) is 21.4 Å². The molecule has 0 radical (unpaired) electrons. The van der Waals surface area contributed by atoms with Crippen molar-refractivity contribution in [3.63, 3.8) is 0 Å². The number of carbonyl (C=O) groups is 2. The van der Waals surface area contributed by atoms with Crippen LogP contribution in [0.3, 0.4) is 0 Å². The predicted molar refractivity (Wildman–Crippen MR) is 78.7 cm³/mol. The molecule has 2 amide bonds. The summed E-state index contributed by atoms with van der Waals surface area (Å²) in [5, 5.41) is 2.15. The standard InChI is InChI=1S/C15H18N2O3S/c18-14(13-12-4-2-1-3-10(12)9-21-13)16-5-6-17-11(7-16)8-20-15(17)19/h9,11H,1-8H2/t11-/m1/s1. The van der Waals surface area contributed by atoms with Crippen molar-refractivity contribution < 1.29 is 14.3 Å². The Kier molecular flexibility index (Phi) is 3.14. The SMILES string of the molecule is O=C(c1scc2c1CCCC2)N1CCN2C(=O)OC[C@H]2C1. The van der Waals surface area contributed by atoms with Crippen LogP contribution < -0.4 is 0 Å². The average Bonchev–Trinajstić information content (AvgIpc) is 3.10. The zero-order valence-corrected chi connectivity index (χ0v) is 12.7. The van der Waals surface area contributed by atoms with Crippen LogP contribution in [0.5, 0.6) is 0 Å². The Labute approximate surface area is 127 Å². The number of cyclic esters (lactones) is 1. The van der Waals surface area contributed by atoms with Gasteiger partial charge in [-0.05, 0) is 42.2 Å². The maximum Gasteiger partial charge on any atom is 0.410 e. The van der Waals surface area contributed by atoms with Crippen molar-refractivity contribution >= 4 is 23.3 Å². The molecule has 0 bridgehead atoms. The van der Waals surface area contributed by atoms with E-state index in [4.69, 9.17) is 4.74 Å². The molecule has 1 aliphatic carbocycles. The molecule has 21 heavy (non-hydrogen) atoms. The van der Waals surface area contributed by atoms with Gasteiger partial charge in [-0.1, -0.05) is 0 Å². The van der Waals surface area contributed by atoms with Crippen LogP contribution >= 0.6 is 11.3 Å². The van der Waals surface area contributed by atoms with E-state index in [1.165, 1.54) is 24.0 Å². The third kappa shape index (κ3) is 2.12. The summed E-state index contributed by atoms with van der Waals surface area (Å²) in [5.41, 5.74) is 2.64. The second-order valence-corrected chi connectivity index (χ2v) is 6.83. The van der Waals surface area contributed by atoms with Gasteiger partial charge in [-0.15, -0.1) is 11.3 Å². The molecule has 1 aromatic rings. The Balaban J connectivity index is 1.53. The van der Waals surface area contributed by atoms with Gasteiger partial charge in [0.25, 0.3) is 5.91 Å². The first-order chi connectivity index (χ1) is 10.2. The molecule has 5 nitrogen and oxygen atoms in total. The monoisotopic (exact) mass is 306 g/mol. The lowest BCUT2D eigenvalue weighted by Gasteiger charge is -2.35. The molecule has 6 heteroatoms. The minimum atomic E-state index is -0.236. The summed E-state index contributed by atoms with van der Waals surface area (Å²) >= 11 is 1.59. The largest absolute Gasteiger partial charge is 0.447 e. The Morgan fingerprint density at radius 3 is 3.05 bits per heavy atom. The summed E-state index contributed by atoms with van der Waals surface area (Å²) in [7, 11) is 0. The molecular weight excluding hydrogens is 288 g/mol. The van der Waals surface area contributed by atoms with E-state index in [9.17, 15) is 9.59 Å². The number of fused-ring (bicyclic) bond motifs is 2. The number of nitrogens with zero attached hydrogens (tertiary/aromatic N) is 2. The third-order valence-electron chi connectivity index (χ3n) is 4.70. The van der Waals surface area contributed by atoms with Crippen LogP contribution in [-0.2, 0) is 17.6 Å². The molecule has 0 unspecified atom stereocenters. The number of aryl methyl sites for hydroxylation is 1. The summed E-state index contributed by atoms with van der Waals surface area (Å²) in [6.07, 6.45) is 4.32. The molecule has 112 valence electrons. The number of hydrogen-bond donors (Lipinski definition) is 0. The van der Waals surface area contributed by atoms with Crippen molar-refractivity contribution in [3.8, 4) is 0 Å². The van der Waals surface area contributed by atoms with Gasteiger partial charge in [-0.2, -0.15) is 0 Å². The molecule has 0 spiro atoms. The molecule has 4 rings (SSSR count). The van der Waals surface area contributed by atoms with Gasteiger partial charge in [0.1, 0.15) is 6.61 Å². The minimum Gasteiger partial charge on any atom is -0.447 e. The quantitative estimate of drug-likeness (QED) is 0.796. The van der Waals surface area contributed by atoms with Crippen molar-refractivity contribution in [2.45, 2.75) is 31.7 Å². The fraction of sp³-hybridized carbons (Fsp3) is 0.600.